The molecule has 2 heterocycles. The summed E-state index contributed by atoms with van der Waals surface area (Å²) in [5.74, 6) is 0.499. The molecular formula is C22H31N5O2Si. The zero-order valence-electron chi connectivity index (χ0n) is 18.4. The number of carbonyl (C=O) groups is 2. The van der Waals surface area contributed by atoms with Gasteiger partial charge in [0.15, 0.2) is 0 Å². The Balaban J connectivity index is 1.66. The van der Waals surface area contributed by atoms with Crippen LogP contribution in [0.1, 0.15) is 17.3 Å². The first-order chi connectivity index (χ1) is 14.2. The lowest BCUT2D eigenvalue weighted by Crippen LogP contribution is -2.55. The largest absolute Gasteiger partial charge is 0.355 e. The highest BCUT2D eigenvalue weighted by Crippen LogP contribution is 2.22. The van der Waals surface area contributed by atoms with E-state index in [1.54, 1.807) is 25.4 Å². The topological polar surface area (TPSA) is 77.6 Å². The van der Waals surface area contributed by atoms with Crippen molar-refractivity contribution in [2.24, 2.45) is 0 Å². The zero-order chi connectivity index (χ0) is 21.9. The van der Waals surface area contributed by atoms with Gasteiger partial charge in [0, 0.05) is 44.6 Å². The van der Waals surface area contributed by atoms with E-state index in [9.17, 15) is 9.59 Å². The van der Waals surface area contributed by atoms with Crippen molar-refractivity contribution >= 4 is 36.7 Å². The second-order valence-corrected chi connectivity index (χ2v) is 13.8. The normalized spacial score (nSPS) is 16.9. The van der Waals surface area contributed by atoms with Gasteiger partial charge < -0.3 is 20.4 Å². The summed E-state index contributed by atoms with van der Waals surface area (Å²) >= 11 is 0. The minimum absolute atomic E-state index is 0.0143. The van der Waals surface area contributed by atoms with E-state index in [0.717, 1.165) is 5.69 Å². The minimum Gasteiger partial charge on any atom is -0.355 e. The molecule has 2 N–H and O–H groups in total. The van der Waals surface area contributed by atoms with Crippen LogP contribution in [0.2, 0.25) is 19.6 Å². The highest BCUT2D eigenvalue weighted by Gasteiger charge is 2.30. The molecule has 1 unspecified atom stereocenters. The summed E-state index contributed by atoms with van der Waals surface area (Å²) in [6, 6.07) is 11.6. The number of hydrogen-bond donors (Lipinski definition) is 2. The van der Waals surface area contributed by atoms with Gasteiger partial charge in [-0.1, -0.05) is 37.0 Å². The third-order valence-corrected chi connectivity index (χ3v) is 7.51. The molecule has 160 valence electrons. The average Bonchev–Trinajstić information content (AvgIpc) is 2.72. The number of pyridine rings is 1. The molecule has 1 saturated heterocycles. The fraction of sp³-hybridized carbons (Fsp3) is 0.409. The van der Waals surface area contributed by atoms with Gasteiger partial charge in [-0.2, -0.15) is 0 Å². The second kappa shape index (κ2) is 8.87. The molecule has 1 aromatic heterocycles. The number of nitrogens with zero attached hydrogens (tertiary/aromatic N) is 3. The van der Waals surface area contributed by atoms with E-state index in [1.807, 2.05) is 24.0 Å². The van der Waals surface area contributed by atoms with Crippen LogP contribution in [0.5, 0.6) is 0 Å². The van der Waals surface area contributed by atoms with Gasteiger partial charge in [0.25, 0.3) is 5.91 Å². The Bertz CT molecular complexity index is 910. The molecule has 0 saturated carbocycles. The molecule has 0 spiro atoms. The van der Waals surface area contributed by atoms with E-state index >= 15 is 0 Å². The van der Waals surface area contributed by atoms with Crippen molar-refractivity contribution in [2.75, 3.05) is 36.9 Å². The lowest BCUT2D eigenvalue weighted by atomic mass is 10.1. The van der Waals surface area contributed by atoms with Gasteiger partial charge in [-0.25, -0.2) is 9.78 Å². The maximum absolute atomic E-state index is 12.8. The number of nitrogens with one attached hydrogen (secondary N) is 2. The summed E-state index contributed by atoms with van der Waals surface area (Å²) in [5, 5.41) is 7.05. The number of rotatable bonds is 4. The Morgan fingerprint density at radius 1 is 1.10 bits per heavy atom. The van der Waals surface area contributed by atoms with E-state index < -0.39 is 8.07 Å². The molecule has 8 heteroatoms. The van der Waals surface area contributed by atoms with Crippen molar-refractivity contribution in [3.05, 3.63) is 48.2 Å². The smallest absolute Gasteiger partial charge is 0.322 e. The van der Waals surface area contributed by atoms with Gasteiger partial charge in [-0.05, 0) is 31.2 Å². The predicted molar refractivity (Wildman–Crippen MR) is 124 cm³/mol. The molecule has 30 heavy (non-hydrogen) atoms. The van der Waals surface area contributed by atoms with Crippen molar-refractivity contribution in [1.82, 2.24) is 15.2 Å². The van der Waals surface area contributed by atoms with Crippen molar-refractivity contribution < 1.29 is 9.59 Å². The number of anilines is 2. The van der Waals surface area contributed by atoms with Gasteiger partial charge >= 0.3 is 6.03 Å². The van der Waals surface area contributed by atoms with Gasteiger partial charge in [-0.3, -0.25) is 4.79 Å². The predicted octanol–water partition coefficient (Wildman–Crippen LogP) is 2.73. The molecule has 1 fully saturated rings. The molecule has 1 aliphatic heterocycles. The Hall–Kier alpha value is -2.87. The van der Waals surface area contributed by atoms with Crippen LogP contribution < -0.4 is 20.7 Å². The number of benzene rings is 1. The lowest BCUT2D eigenvalue weighted by molar-refractivity contribution is 0.0962. The Morgan fingerprint density at radius 2 is 1.80 bits per heavy atom. The molecule has 2 aromatic rings. The molecule has 1 atom stereocenters. The van der Waals surface area contributed by atoms with E-state index in [2.05, 4.69) is 52.3 Å². The van der Waals surface area contributed by atoms with Crippen LogP contribution in [0, 0.1) is 0 Å². The zero-order valence-corrected chi connectivity index (χ0v) is 19.4. The van der Waals surface area contributed by atoms with Crippen LogP contribution in [-0.2, 0) is 0 Å². The number of piperazine rings is 1. The summed E-state index contributed by atoms with van der Waals surface area (Å²) in [7, 11) is 0.253. The summed E-state index contributed by atoms with van der Waals surface area (Å²) in [5.41, 5.74) is 1.36. The fourth-order valence-corrected chi connectivity index (χ4v) is 4.83. The highest BCUT2D eigenvalue weighted by molar-refractivity contribution is 6.88. The number of amides is 3. The van der Waals surface area contributed by atoms with Crippen molar-refractivity contribution in [3.63, 3.8) is 0 Å². The van der Waals surface area contributed by atoms with Gasteiger partial charge in [-0.15, -0.1) is 0 Å². The standard InChI is InChI=1S/C22H31N5O2Si/c1-16-15-26(20-19(21(28)23-2)7-6-12-24-20)13-14-27(16)22(29)25-17-8-10-18(11-9-17)30(3,4)5/h6-12,16H,13-15H2,1-5H3,(H,23,28)(H,25,29). The first kappa shape index (κ1) is 21.8. The molecule has 1 aliphatic rings. The first-order valence-corrected chi connectivity index (χ1v) is 13.8. The summed E-state index contributed by atoms with van der Waals surface area (Å²) in [6.45, 7) is 10.7. The van der Waals surface area contributed by atoms with E-state index in [0.29, 0.717) is 31.0 Å². The third-order valence-electron chi connectivity index (χ3n) is 5.45. The average molecular weight is 426 g/mol. The van der Waals surface area contributed by atoms with E-state index in [4.69, 9.17) is 0 Å². The molecule has 3 amide bonds. The van der Waals surface area contributed by atoms with Crippen LogP contribution in [0.3, 0.4) is 0 Å². The SMILES string of the molecule is CNC(=O)c1cccnc1N1CCN(C(=O)Nc2ccc([Si](C)(C)C)cc2)C(C)C1. The molecule has 1 aromatic carbocycles. The van der Waals surface area contributed by atoms with Crippen LogP contribution >= 0.6 is 0 Å². The van der Waals surface area contributed by atoms with Gasteiger partial charge in [0.2, 0.25) is 0 Å². The van der Waals surface area contributed by atoms with Crippen LogP contribution in [0.15, 0.2) is 42.6 Å². The molecule has 0 bridgehead atoms. The van der Waals surface area contributed by atoms with E-state index in [1.165, 1.54) is 5.19 Å². The molecule has 3 rings (SSSR count). The third kappa shape index (κ3) is 4.81. The maximum Gasteiger partial charge on any atom is 0.322 e. The van der Waals surface area contributed by atoms with Crippen LogP contribution in [0.4, 0.5) is 16.3 Å². The van der Waals surface area contributed by atoms with Crippen LogP contribution in [-0.4, -0.2) is 62.6 Å². The van der Waals surface area contributed by atoms with Crippen molar-refractivity contribution in [2.45, 2.75) is 32.6 Å². The second-order valence-electron chi connectivity index (χ2n) is 8.70. The number of carbonyl (C=O) groups excluding carboxylic acids is 2. The number of aromatic nitrogens is 1. The van der Waals surface area contributed by atoms with Crippen molar-refractivity contribution in [1.29, 1.82) is 0 Å². The first-order valence-electron chi connectivity index (χ1n) is 10.3. The minimum atomic E-state index is -1.36. The van der Waals surface area contributed by atoms with Gasteiger partial charge in [0.05, 0.1) is 13.6 Å². The van der Waals surface area contributed by atoms with Gasteiger partial charge in [0.1, 0.15) is 5.82 Å². The van der Waals surface area contributed by atoms with Crippen LogP contribution in [0.25, 0.3) is 0 Å². The summed E-state index contributed by atoms with van der Waals surface area (Å²) in [6.07, 6.45) is 1.69. The van der Waals surface area contributed by atoms with Crippen molar-refractivity contribution in [3.8, 4) is 0 Å². The summed E-state index contributed by atoms with van der Waals surface area (Å²) in [4.78, 5) is 33.4. The maximum atomic E-state index is 12.8. The van der Waals surface area contributed by atoms with E-state index in [-0.39, 0.29) is 18.0 Å². The molecule has 7 nitrogen and oxygen atoms in total. The quantitative estimate of drug-likeness (QED) is 0.739. The highest BCUT2D eigenvalue weighted by atomic mass is 28.3. The summed E-state index contributed by atoms with van der Waals surface area (Å²) < 4.78 is 0. The Labute approximate surface area is 179 Å². The number of hydrogen-bond acceptors (Lipinski definition) is 4. The fourth-order valence-electron chi connectivity index (χ4n) is 3.66. The monoisotopic (exact) mass is 425 g/mol. The molecule has 0 radical (unpaired) electrons. The Morgan fingerprint density at radius 3 is 2.40 bits per heavy atom. The Kier molecular flexibility index (Phi) is 6.45. The number of urea groups is 1. The molecule has 0 aliphatic carbocycles. The lowest BCUT2D eigenvalue weighted by Gasteiger charge is -2.40. The molecular weight excluding hydrogens is 394 g/mol.